The van der Waals surface area contributed by atoms with Crippen LogP contribution in [-0.2, 0) is 75.2 Å². The van der Waals surface area contributed by atoms with E-state index in [0.29, 0.717) is 63.9 Å². The van der Waals surface area contributed by atoms with Gasteiger partial charge in [0.1, 0.15) is 33.1 Å². The Bertz CT molecular complexity index is 4080. The Morgan fingerprint density at radius 1 is 0.747 bits per heavy atom. The van der Waals surface area contributed by atoms with Crippen molar-refractivity contribution in [3.8, 4) is 11.5 Å². The van der Waals surface area contributed by atoms with Crippen molar-refractivity contribution in [2.24, 2.45) is 0 Å². The molecule has 5 aromatic carbocycles. The summed E-state index contributed by atoms with van der Waals surface area (Å²) in [5.74, 6) is -3.27. The van der Waals surface area contributed by atoms with Gasteiger partial charge in [-0.3, -0.25) is 23.2 Å². The van der Waals surface area contributed by atoms with Gasteiger partial charge in [0.05, 0.1) is 46.3 Å². The number of ether oxygens (including phenoxy) is 4. The van der Waals surface area contributed by atoms with Gasteiger partial charge in [-0.1, -0.05) is 25.1 Å². The fraction of sp³-hybridized carbons (Fsp3) is 0.357. The number of hydroxylamine groups is 2. The Hall–Kier alpha value is -6.92. The lowest BCUT2D eigenvalue weighted by atomic mass is 9.74. The van der Waals surface area contributed by atoms with Gasteiger partial charge in [-0.25, -0.2) is 13.2 Å². The zero-order chi connectivity index (χ0) is 60.8. The summed E-state index contributed by atoms with van der Waals surface area (Å²) >= 11 is 0. The molecule has 444 valence electrons. The van der Waals surface area contributed by atoms with E-state index >= 15 is 0 Å². The predicted octanol–water partition coefficient (Wildman–Crippen LogP) is 7.05. The molecule has 5 aromatic rings. The van der Waals surface area contributed by atoms with Crippen LogP contribution in [0.15, 0.2) is 111 Å². The first-order valence-corrected chi connectivity index (χ1v) is 31.7. The molecular weight excluding hydrogens is 1160 g/mol. The molecule has 0 bridgehead atoms. The minimum atomic E-state index is -5.17. The molecule has 23 nitrogen and oxygen atoms in total. The average Bonchev–Trinajstić information content (AvgIpc) is 2.52. The minimum Gasteiger partial charge on any atom is -0.744 e. The maximum atomic E-state index is 13.8. The number of carbonyl (C=O) groups is 3. The Morgan fingerprint density at radius 2 is 1.36 bits per heavy atom. The number of allylic oxidation sites excluding steroid dienone is 6. The number of hydrogen-bond acceptors (Lipinski definition) is 18. The van der Waals surface area contributed by atoms with Crippen LogP contribution in [0.25, 0.3) is 27.1 Å². The van der Waals surface area contributed by atoms with E-state index in [-0.39, 0.29) is 90.0 Å². The summed E-state index contributed by atoms with van der Waals surface area (Å²) in [6, 6.07) is 15.1. The van der Waals surface area contributed by atoms with Crippen LogP contribution in [0.1, 0.15) is 86.3 Å². The molecule has 3 heterocycles. The van der Waals surface area contributed by atoms with E-state index in [1.54, 1.807) is 36.1 Å². The molecule has 0 aromatic heterocycles. The predicted molar refractivity (Wildman–Crippen MR) is 303 cm³/mol. The van der Waals surface area contributed by atoms with Gasteiger partial charge in [-0.05, 0) is 121 Å². The van der Waals surface area contributed by atoms with Crippen molar-refractivity contribution in [2.75, 3.05) is 65.4 Å². The minimum absolute atomic E-state index is 0.00220. The van der Waals surface area contributed by atoms with E-state index in [4.69, 9.17) is 23.8 Å². The fourth-order valence-corrected chi connectivity index (χ4v) is 13.7. The van der Waals surface area contributed by atoms with Crippen LogP contribution in [0.4, 0.5) is 11.4 Å². The molecule has 1 saturated heterocycles. The number of methoxy groups -OCH3 is 4. The summed E-state index contributed by atoms with van der Waals surface area (Å²) in [7, 11) is -14.2. The molecule has 3 aliphatic heterocycles. The first-order valence-electron chi connectivity index (χ1n) is 25.9. The van der Waals surface area contributed by atoms with Crippen LogP contribution < -0.4 is 14.4 Å². The normalized spacial score (nSPS) is 19.3. The second-order valence-electron chi connectivity index (χ2n) is 20.4. The van der Waals surface area contributed by atoms with E-state index in [9.17, 15) is 66.3 Å². The molecule has 3 N–H and O–H groups in total. The molecule has 0 radical (unpaired) electrons. The molecule has 0 spiro atoms. The fourth-order valence-electron chi connectivity index (χ4n) is 11.3. The van der Waals surface area contributed by atoms with E-state index in [1.165, 1.54) is 64.8 Å². The van der Waals surface area contributed by atoms with Crippen molar-refractivity contribution >= 4 is 102 Å². The maximum absolute atomic E-state index is 13.8. The summed E-state index contributed by atoms with van der Waals surface area (Å²) in [5, 5.41) is 1.39. The Labute approximate surface area is 480 Å². The number of nitrogens with zero attached hydrogens (tertiary/aromatic N) is 3. The smallest absolute Gasteiger partial charge is 0.364 e. The van der Waals surface area contributed by atoms with Gasteiger partial charge in [0.15, 0.2) is 5.71 Å². The number of imide groups is 1. The van der Waals surface area contributed by atoms with Crippen molar-refractivity contribution in [1.82, 2.24) is 5.06 Å². The summed E-state index contributed by atoms with van der Waals surface area (Å²) in [4.78, 5) is 43.7. The van der Waals surface area contributed by atoms with Gasteiger partial charge in [-0.15, -0.1) is 5.06 Å². The zero-order valence-corrected chi connectivity index (χ0v) is 49.5. The lowest BCUT2D eigenvalue weighted by Gasteiger charge is -2.31. The molecule has 1 fully saturated rings. The third-order valence-electron chi connectivity index (χ3n) is 15.2. The maximum Gasteiger partial charge on any atom is 0.364 e. The Kier molecular flexibility index (Phi) is 17.7. The third kappa shape index (κ3) is 12.2. The molecule has 0 saturated carbocycles. The molecule has 3 aliphatic rings. The van der Waals surface area contributed by atoms with Gasteiger partial charge in [0.25, 0.3) is 42.2 Å². The lowest BCUT2D eigenvalue weighted by Crippen LogP contribution is -2.33. The first kappa shape index (κ1) is 62.1. The standard InChI is InChI=1S/C56H61N3O20S4/c1-8-24-57-42-16-11-34-10-14-37(81(66,67)68)31-40(34)52(42)55(2,22-26-75-4)47(57)18-12-35(51-44(77-6)29-36(30-45(51)78-7)54(62)79-59-49(60)20-21-50(59)61)13-19-48-56(3,23-27-76-5)53-41-32-38(82(69,70)71)33-46(83(72,73)74)39(41)15-17-43(53)58(48)25-9-28-80(63,64)65/h10-19,29-33H,8-9,20-28H2,1-7H3,(H3-,63,64,65,66,67,68,69,70,71,72,73,74). The van der Waals surface area contributed by atoms with Gasteiger partial charge in [0.2, 0.25) is 5.69 Å². The average molecular weight is 1220 g/mol. The van der Waals surface area contributed by atoms with Crippen LogP contribution in [-0.4, -0.2) is 146 Å². The van der Waals surface area contributed by atoms with Crippen LogP contribution in [0.2, 0.25) is 0 Å². The van der Waals surface area contributed by atoms with Gasteiger partial charge >= 0.3 is 5.97 Å². The molecule has 8 rings (SSSR count). The molecule has 2 atom stereocenters. The Balaban J connectivity index is 1.45. The summed E-state index contributed by atoms with van der Waals surface area (Å²) in [6.45, 7) is 6.22. The van der Waals surface area contributed by atoms with E-state index in [2.05, 4.69) is 4.58 Å². The number of rotatable bonds is 23. The van der Waals surface area contributed by atoms with E-state index < -0.39 is 89.5 Å². The second kappa shape index (κ2) is 23.6. The Morgan fingerprint density at radius 3 is 1.93 bits per heavy atom. The van der Waals surface area contributed by atoms with Gasteiger partial charge in [0, 0.05) is 93.1 Å². The summed E-state index contributed by atoms with van der Waals surface area (Å²) in [6.07, 6.45) is 7.36. The number of fused-ring (bicyclic) bond motifs is 6. The molecule has 2 amide bonds. The van der Waals surface area contributed by atoms with Crippen molar-refractivity contribution < 1.29 is 94.6 Å². The van der Waals surface area contributed by atoms with Crippen molar-refractivity contribution in [2.45, 2.75) is 84.8 Å². The quantitative estimate of drug-likeness (QED) is 0.0255. The third-order valence-corrected chi connectivity index (χ3v) is 18.5. The number of hydrogen-bond donors (Lipinski definition) is 3. The number of anilines is 1. The molecular formula is C56H61N3O20S4. The van der Waals surface area contributed by atoms with Crippen LogP contribution in [0.3, 0.4) is 0 Å². The summed E-state index contributed by atoms with van der Waals surface area (Å²) < 4.78 is 170. The molecule has 27 heteroatoms. The van der Waals surface area contributed by atoms with Gasteiger partial charge in [-0.2, -0.15) is 29.8 Å². The van der Waals surface area contributed by atoms with Crippen molar-refractivity contribution in [3.63, 3.8) is 0 Å². The summed E-state index contributed by atoms with van der Waals surface area (Å²) in [5.41, 5.74) is 1.04. The number of benzene rings is 5. The molecule has 83 heavy (non-hydrogen) atoms. The lowest BCUT2D eigenvalue weighted by molar-refractivity contribution is -0.437. The number of carbonyl (C=O) groups excluding carboxylic acids is 3. The van der Waals surface area contributed by atoms with Crippen molar-refractivity contribution in [1.29, 1.82) is 0 Å². The second-order valence-corrected chi connectivity index (χ2v) is 26.2. The van der Waals surface area contributed by atoms with Crippen LogP contribution in [0.5, 0.6) is 11.5 Å². The largest absolute Gasteiger partial charge is 0.744 e. The molecule has 0 aliphatic carbocycles. The highest BCUT2D eigenvalue weighted by Gasteiger charge is 2.49. The van der Waals surface area contributed by atoms with E-state index in [0.717, 1.165) is 11.8 Å². The molecule has 2 unspecified atom stereocenters. The van der Waals surface area contributed by atoms with Crippen LogP contribution >= 0.6 is 0 Å². The first-order chi connectivity index (χ1) is 38.9. The zero-order valence-electron chi connectivity index (χ0n) is 46.2. The highest BCUT2D eigenvalue weighted by atomic mass is 32.2. The highest BCUT2D eigenvalue weighted by Crippen LogP contribution is 2.54. The topological polar surface area (TPSA) is 327 Å². The van der Waals surface area contributed by atoms with Gasteiger partial charge < -0.3 is 33.2 Å². The van der Waals surface area contributed by atoms with Crippen LogP contribution in [0, 0.1) is 0 Å². The monoisotopic (exact) mass is 1220 g/mol. The van der Waals surface area contributed by atoms with Crippen molar-refractivity contribution in [3.05, 3.63) is 119 Å². The highest BCUT2D eigenvalue weighted by molar-refractivity contribution is 7.87. The van der Waals surface area contributed by atoms with E-state index in [1.807, 2.05) is 32.1 Å². The number of amides is 2. The SMILES string of the molecule is CCC[N+]1=C(/C=C/C(=C/C=C2/N(CCCS(=O)(=O)O)c3ccc4c(S(=O)(=O)O)cc(S(=O)(=O)O)cc4c3C2(C)CCOC)c2c(OC)cc(C(=O)ON3C(=O)CCC3=O)cc2OC)C(C)(CCOC)c2c1ccc1ccc(S(=O)(=O)[O-])cc21.